The molecular formula is C10H13ClN4O2. The minimum atomic E-state index is -1.13. The molecule has 1 aliphatic rings. The highest BCUT2D eigenvalue weighted by molar-refractivity contribution is 6.31. The fraction of sp³-hybridized carbons (Fsp3) is 0.500. The van der Waals surface area contributed by atoms with Gasteiger partial charge in [0.1, 0.15) is 0 Å². The van der Waals surface area contributed by atoms with Gasteiger partial charge in [-0.2, -0.15) is 0 Å². The second-order valence-electron chi connectivity index (χ2n) is 4.09. The molecule has 0 aliphatic carbocycles. The van der Waals surface area contributed by atoms with Gasteiger partial charge >= 0.3 is 5.97 Å². The van der Waals surface area contributed by atoms with Crippen LogP contribution in [0.3, 0.4) is 0 Å². The molecule has 1 fully saturated rings. The highest BCUT2D eigenvalue weighted by Crippen LogP contribution is 2.19. The van der Waals surface area contributed by atoms with E-state index in [0.717, 1.165) is 19.5 Å². The van der Waals surface area contributed by atoms with Crippen molar-refractivity contribution in [2.24, 2.45) is 0 Å². The van der Waals surface area contributed by atoms with E-state index in [9.17, 15) is 4.79 Å². The first-order valence-corrected chi connectivity index (χ1v) is 5.65. The second kappa shape index (κ2) is 4.85. The van der Waals surface area contributed by atoms with Crippen molar-refractivity contribution in [3.63, 3.8) is 0 Å². The summed E-state index contributed by atoms with van der Waals surface area (Å²) in [7, 11) is 2.04. The van der Waals surface area contributed by atoms with Crippen LogP contribution >= 0.6 is 11.6 Å². The van der Waals surface area contributed by atoms with Gasteiger partial charge in [-0.25, -0.2) is 14.8 Å². The molecule has 2 heterocycles. The number of likely N-dealkylation sites (tertiary alicyclic amines) is 1. The molecule has 7 heteroatoms. The minimum Gasteiger partial charge on any atom is -0.476 e. The predicted octanol–water partition coefficient (Wildman–Crippen LogP) is 0.944. The van der Waals surface area contributed by atoms with Gasteiger partial charge in [-0.1, -0.05) is 11.6 Å². The van der Waals surface area contributed by atoms with E-state index in [4.69, 9.17) is 16.7 Å². The lowest BCUT2D eigenvalue weighted by Gasteiger charge is -2.14. The molecule has 0 saturated carbocycles. The smallest absolute Gasteiger partial charge is 0.356 e. The van der Waals surface area contributed by atoms with Gasteiger partial charge in [-0.05, 0) is 20.0 Å². The standard InChI is InChI=1S/C10H13ClN4O2/c1-15-3-2-6(5-15)13-9-8(11)14-7(4-12-9)10(16)17/h4,6H,2-3,5H2,1H3,(H,12,13)(H,16,17)/t6-/m1/s1. The van der Waals surface area contributed by atoms with E-state index in [-0.39, 0.29) is 16.9 Å². The van der Waals surface area contributed by atoms with Gasteiger partial charge in [0.15, 0.2) is 16.7 Å². The summed E-state index contributed by atoms with van der Waals surface area (Å²) >= 11 is 5.88. The lowest BCUT2D eigenvalue weighted by atomic mass is 10.2. The van der Waals surface area contributed by atoms with Gasteiger partial charge in [0.2, 0.25) is 0 Å². The fourth-order valence-electron chi connectivity index (χ4n) is 1.81. The molecule has 0 spiro atoms. The molecule has 92 valence electrons. The number of nitrogens with one attached hydrogen (secondary N) is 1. The molecule has 1 aromatic heterocycles. The summed E-state index contributed by atoms with van der Waals surface area (Å²) in [4.78, 5) is 20.6. The number of carbonyl (C=O) groups is 1. The lowest BCUT2D eigenvalue weighted by Crippen LogP contribution is -2.24. The highest BCUT2D eigenvalue weighted by atomic mass is 35.5. The van der Waals surface area contributed by atoms with E-state index in [1.807, 2.05) is 7.05 Å². The normalized spacial score (nSPS) is 20.5. The largest absolute Gasteiger partial charge is 0.476 e. The Bertz CT molecular complexity index is 440. The number of hydrogen-bond donors (Lipinski definition) is 2. The molecule has 2 rings (SSSR count). The van der Waals surface area contributed by atoms with Crippen molar-refractivity contribution in [3.05, 3.63) is 17.0 Å². The van der Waals surface area contributed by atoms with Crippen LogP contribution in [-0.4, -0.2) is 52.1 Å². The third-order valence-electron chi connectivity index (χ3n) is 2.68. The van der Waals surface area contributed by atoms with Crippen LogP contribution in [0.4, 0.5) is 5.82 Å². The van der Waals surface area contributed by atoms with Crippen LogP contribution in [-0.2, 0) is 0 Å². The molecule has 0 aromatic carbocycles. The molecule has 0 radical (unpaired) electrons. The Hall–Kier alpha value is -1.40. The lowest BCUT2D eigenvalue weighted by molar-refractivity contribution is 0.0690. The Kier molecular flexibility index (Phi) is 3.44. The molecule has 0 bridgehead atoms. The maximum Gasteiger partial charge on any atom is 0.356 e. The Labute approximate surface area is 104 Å². The van der Waals surface area contributed by atoms with E-state index >= 15 is 0 Å². The molecular weight excluding hydrogens is 244 g/mol. The zero-order chi connectivity index (χ0) is 12.4. The van der Waals surface area contributed by atoms with Crippen molar-refractivity contribution in [1.82, 2.24) is 14.9 Å². The number of hydrogen-bond acceptors (Lipinski definition) is 5. The summed E-state index contributed by atoms with van der Waals surface area (Å²) < 4.78 is 0. The summed E-state index contributed by atoms with van der Waals surface area (Å²) in [5, 5.41) is 12.0. The number of halogens is 1. The Morgan fingerprint density at radius 3 is 3.00 bits per heavy atom. The molecule has 0 amide bonds. The van der Waals surface area contributed by atoms with Crippen LogP contribution in [0.2, 0.25) is 5.15 Å². The van der Waals surface area contributed by atoms with Gasteiger partial charge in [0.05, 0.1) is 6.20 Å². The summed E-state index contributed by atoms with van der Waals surface area (Å²) in [6.07, 6.45) is 2.21. The quantitative estimate of drug-likeness (QED) is 0.838. The molecule has 6 nitrogen and oxygen atoms in total. The molecule has 1 aromatic rings. The molecule has 1 atom stereocenters. The zero-order valence-corrected chi connectivity index (χ0v) is 10.1. The number of nitrogens with zero attached hydrogens (tertiary/aromatic N) is 3. The van der Waals surface area contributed by atoms with E-state index in [1.54, 1.807) is 0 Å². The van der Waals surface area contributed by atoms with Crippen LogP contribution < -0.4 is 5.32 Å². The minimum absolute atomic E-state index is 0.0967. The number of aromatic nitrogens is 2. The molecule has 1 aliphatic heterocycles. The van der Waals surface area contributed by atoms with Crippen molar-refractivity contribution in [3.8, 4) is 0 Å². The SMILES string of the molecule is CN1CC[C@@H](Nc2ncc(C(=O)O)nc2Cl)C1. The summed E-state index contributed by atoms with van der Waals surface area (Å²) in [5.41, 5.74) is -0.149. The van der Waals surface area contributed by atoms with Crippen molar-refractivity contribution in [1.29, 1.82) is 0 Å². The zero-order valence-electron chi connectivity index (χ0n) is 9.35. The van der Waals surface area contributed by atoms with E-state index in [1.165, 1.54) is 6.20 Å². The number of anilines is 1. The van der Waals surface area contributed by atoms with Crippen LogP contribution in [0.1, 0.15) is 16.9 Å². The maximum absolute atomic E-state index is 10.7. The second-order valence-corrected chi connectivity index (χ2v) is 4.45. The molecule has 17 heavy (non-hydrogen) atoms. The van der Waals surface area contributed by atoms with Crippen LogP contribution in [0.5, 0.6) is 0 Å². The predicted molar refractivity (Wildman–Crippen MR) is 63.5 cm³/mol. The monoisotopic (exact) mass is 256 g/mol. The number of carboxylic acids is 1. The average molecular weight is 257 g/mol. The summed E-state index contributed by atoms with van der Waals surface area (Å²) in [5.74, 6) is -0.691. The molecule has 2 N–H and O–H groups in total. The molecule has 1 saturated heterocycles. The van der Waals surface area contributed by atoms with E-state index in [0.29, 0.717) is 5.82 Å². The van der Waals surface area contributed by atoms with Crippen molar-refractivity contribution in [2.45, 2.75) is 12.5 Å². The summed E-state index contributed by atoms with van der Waals surface area (Å²) in [6.45, 7) is 1.94. The number of aromatic carboxylic acids is 1. The average Bonchev–Trinajstić information content (AvgIpc) is 2.67. The van der Waals surface area contributed by atoms with Crippen LogP contribution in [0, 0.1) is 0 Å². The Morgan fingerprint density at radius 1 is 1.71 bits per heavy atom. The highest BCUT2D eigenvalue weighted by Gasteiger charge is 2.21. The number of rotatable bonds is 3. The van der Waals surface area contributed by atoms with Crippen LogP contribution in [0.25, 0.3) is 0 Å². The van der Waals surface area contributed by atoms with Gasteiger partial charge in [-0.3, -0.25) is 0 Å². The Morgan fingerprint density at radius 2 is 2.47 bits per heavy atom. The van der Waals surface area contributed by atoms with Crippen molar-refractivity contribution in [2.75, 3.05) is 25.5 Å². The number of carboxylic acid groups (broad SMARTS) is 1. The first kappa shape index (κ1) is 12.1. The van der Waals surface area contributed by atoms with Crippen molar-refractivity contribution < 1.29 is 9.90 Å². The topological polar surface area (TPSA) is 78.4 Å². The third-order valence-corrected chi connectivity index (χ3v) is 2.94. The molecule has 0 unspecified atom stereocenters. The summed E-state index contributed by atoms with van der Waals surface area (Å²) in [6, 6.07) is 0.280. The number of likely N-dealkylation sites (N-methyl/N-ethyl adjacent to an activating group) is 1. The van der Waals surface area contributed by atoms with E-state index < -0.39 is 5.97 Å². The Balaban J connectivity index is 2.09. The van der Waals surface area contributed by atoms with Gasteiger partial charge < -0.3 is 15.3 Å². The first-order chi connectivity index (χ1) is 8.06. The third kappa shape index (κ3) is 2.83. The fourth-order valence-corrected chi connectivity index (χ4v) is 2.01. The van der Waals surface area contributed by atoms with E-state index in [2.05, 4.69) is 20.2 Å². The maximum atomic E-state index is 10.7. The van der Waals surface area contributed by atoms with Gasteiger partial charge in [0, 0.05) is 12.6 Å². The first-order valence-electron chi connectivity index (χ1n) is 5.27. The van der Waals surface area contributed by atoms with Gasteiger partial charge in [-0.15, -0.1) is 0 Å². The van der Waals surface area contributed by atoms with Gasteiger partial charge in [0.25, 0.3) is 0 Å². The van der Waals surface area contributed by atoms with Crippen LogP contribution in [0.15, 0.2) is 6.20 Å². The van der Waals surface area contributed by atoms with Crippen molar-refractivity contribution >= 4 is 23.4 Å².